The Bertz CT molecular complexity index is 1050. The number of halogens is 3. The predicted molar refractivity (Wildman–Crippen MR) is 131 cm³/mol. The van der Waals surface area contributed by atoms with Gasteiger partial charge >= 0.3 is 5.97 Å². The molecule has 0 spiro atoms. The molecule has 1 aliphatic carbocycles. The number of rotatable bonds is 7. The van der Waals surface area contributed by atoms with Crippen LogP contribution in [0.2, 0.25) is 10.0 Å². The van der Waals surface area contributed by atoms with Crippen LogP contribution in [0.5, 0.6) is 5.75 Å². The molecule has 0 radical (unpaired) electrons. The van der Waals surface area contributed by atoms with Gasteiger partial charge in [-0.1, -0.05) is 29.3 Å². The molecule has 2 aromatic rings. The maximum absolute atomic E-state index is 14.8. The van der Waals surface area contributed by atoms with Crippen molar-refractivity contribution in [3.63, 3.8) is 0 Å². The van der Waals surface area contributed by atoms with Crippen molar-refractivity contribution in [2.24, 2.45) is 0 Å². The Hall–Kier alpha value is -1.86. The molecule has 1 unspecified atom stereocenters. The molecule has 5 nitrogen and oxygen atoms in total. The van der Waals surface area contributed by atoms with Gasteiger partial charge in [0, 0.05) is 19.2 Å². The van der Waals surface area contributed by atoms with Crippen molar-refractivity contribution < 1.29 is 23.4 Å². The summed E-state index contributed by atoms with van der Waals surface area (Å²) in [7, 11) is 0. The summed E-state index contributed by atoms with van der Waals surface area (Å²) in [5, 5.41) is 1.06. The highest BCUT2D eigenvalue weighted by molar-refractivity contribution is 6.42. The maximum atomic E-state index is 14.8. The smallest absolute Gasteiger partial charge is 0.341 e. The first-order valence-electron chi connectivity index (χ1n) is 11.6. The average Bonchev–Trinajstić information content (AvgIpc) is 3.59. The third kappa shape index (κ3) is 6.63. The zero-order chi connectivity index (χ0) is 24.5. The standard InChI is InChI=1S/C26H30Cl2FNO4/c1-26(2,3)34-25(31)20-12-19(17-5-6-17)24(13-23(20)29)33-15-30-8-9-32-18(14-30)10-16-4-7-21(27)22(28)11-16/h4,7,11-13,17-18H,5-6,8-10,14-15H2,1-3H3. The van der Waals surface area contributed by atoms with E-state index in [2.05, 4.69) is 4.90 Å². The van der Waals surface area contributed by atoms with Crippen LogP contribution in [0.15, 0.2) is 30.3 Å². The molecule has 1 atom stereocenters. The summed E-state index contributed by atoms with van der Waals surface area (Å²) < 4.78 is 32.2. The minimum atomic E-state index is -0.692. The lowest BCUT2D eigenvalue weighted by molar-refractivity contribution is -0.0491. The van der Waals surface area contributed by atoms with Gasteiger partial charge in [0.05, 0.1) is 28.3 Å². The quantitative estimate of drug-likeness (QED) is 0.413. The molecule has 1 aliphatic heterocycles. The van der Waals surface area contributed by atoms with Gasteiger partial charge in [0.1, 0.15) is 23.9 Å². The van der Waals surface area contributed by atoms with Gasteiger partial charge in [0.15, 0.2) is 0 Å². The van der Waals surface area contributed by atoms with Crippen LogP contribution in [0, 0.1) is 5.82 Å². The van der Waals surface area contributed by atoms with Crippen molar-refractivity contribution in [2.75, 3.05) is 26.4 Å². The van der Waals surface area contributed by atoms with E-state index in [1.807, 2.05) is 12.1 Å². The summed E-state index contributed by atoms with van der Waals surface area (Å²) in [5.74, 6) is -0.520. The van der Waals surface area contributed by atoms with E-state index in [1.165, 1.54) is 6.07 Å². The van der Waals surface area contributed by atoms with E-state index < -0.39 is 17.4 Å². The van der Waals surface area contributed by atoms with Gasteiger partial charge < -0.3 is 14.2 Å². The molecule has 4 rings (SSSR count). The van der Waals surface area contributed by atoms with Gasteiger partial charge in [-0.3, -0.25) is 4.90 Å². The SMILES string of the molecule is CC(C)(C)OC(=O)c1cc(C2CC2)c(OCN2CCOC(Cc3ccc(Cl)c(Cl)c3)C2)cc1F. The topological polar surface area (TPSA) is 48.0 Å². The van der Waals surface area contributed by atoms with Gasteiger partial charge in [-0.25, -0.2) is 9.18 Å². The van der Waals surface area contributed by atoms with Gasteiger partial charge in [-0.2, -0.15) is 0 Å². The maximum Gasteiger partial charge on any atom is 0.341 e. The number of hydrogen-bond donors (Lipinski definition) is 0. The lowest BCUT2D eigenvalue weighted by Crippen LogP contribution is -2.45. The number of esters is 1. The lowest BCUT2D eigenvalue weighted by atomic mass is 10.0. The van der Waals surface area contributed by atoms with E-state index in [0.29, 0.717) is 42.1 Å². The molecule has 184 valence electrons. The molecule has 1 heterocycles. The monoisotopic (exact) mass is 509 g/mol. The Kier molecular flexibility index (Phi) is 7.72. The zero-order valence-corrected chi connectivity index (χ0v) is 21.2. The number of carbonyl (C=O) groups excluding carboxylic acids is 1. The highest BCUT2D eigenvalue weighted by Crippen LogP contribution is 2.45. The van der Waals surface area contributed by atoms with Crippen LogP contribution in [-0.2, 0) is 15.9 Å². The Morgan fingerprint density at radius 2 is 1.94 bits per heavy atom. The molecule has 2 aromatic carbocycles. The second-order valence-electron chi connectivity index (χ2n) is 9.94. The molecule has 1 saturated carbocycles. The molecule has 0 N–H and O–H groups in total. The Morgan fingerprint density at radius 1 is 1.18 bits per heavy atom. The molecule has 2 fully saturated rings. The van der Waals surface area contributed by atoms with Crippen molar-refractivity contribution >= 4 is 29.2 Å². The number of morpholine rings is 1. The van der Waals surface area contributed by atoms with Gasteiger partial charge in [-0.05, 0) is 75.3 Å². The summed E-state index contributed by atoms with van der Waals surface area (Å²) in [6, 6.07) is 8.52. The molecule has 1 saturated heterocycles. The Labute approximate surface area is 210 Å². The molecule has 8 heteroatoms. The summed E-state index contributed by atoms with van der Waals surface area (Å²) in [5.41, 5.74) is 1.18. The van der Waals surface area contributed by atoms with Crippen LogP contribution in [0.4, 0.5) is 4.39 Å². The van der Waals surface area contributed by atoms with Gasteiger partial charge in [0.2, 0.25) is 0 Å². The first kappa shape index (κ1) is 25.2. The Balaban J connectivity index is 1.41. The normalized spacial score (nSPS) is 19.2. The third-order valence-corrected chi connectivity index (χ3v) is 6.55. The third-order valence-electron chi connectivity index (χ3n) is 5.81. The van der Waals surface area contributed by atoms with Crippen LogP contribution >= 0.6 is 23.2 Å². The second kappa shape index (κ2) is 10.4. The minimum Gasteiger partial charge on any atom is -0.478 e. The van der Waals surface area contributed by atoms with Crippen molar-refractivity contribution in [1.82, 2.24) is 4.90 Å². The van der Waals surface area contributed by atoms with E-state index in [9.17, 15) is 9.18 Å². The van der Waals surface area contributed by atoms with Crippen molar-refractivity contribution in [3.8, 4) is 5.75 Å². The molecular weight excluding hydrogens is 480 g/mol. The number of carbonyl (C=O) groups is 1. The number of benzene rings is 2. The van der Waals surface area contributed by atoms with Crippen molar-refractivity contribution in [2.45, 2.75) is 57.7 Å². The summed E-state index contributed by atoms with van der Waals surface area (Å²) >= 11 is 12.1. The van der Waals surface area contributed by atoms with Crippen molar-refractivity contribution in [1.29, 1.82) is 0 Å². The van der Waals surface area contributed by atoms with Crippen LogP contribution in [0.25, 0.3) is 0 Å². The van der Waals surface area contributed by atoms with Gasteiger partial charge in [-0.15, -0.1) is 0 Å². The van der Waals surface area contributed by atoms with Gasteiger partial charge in [0.25, 0.3) is 0 Å². The number of hydrogen-bond acceptors (Lipinski definition) is 5. The highest BCUT2D eigenvalue weighted by Gasteiger charge is 2.31. The molecular formula is C26H30Cl2FNO4. The fourth-order valence-electron chi connectivity index (χ4n) is 4.01. The van der Waals surface area contributed by atoms with Crippen LogP contribution in [-0.4, -0.2) is 49.0 Å². The minimum absolute atomic E-state index is 0.0104. The summed E-state index contributed by atoms with van der Waals surface area (Å²) in [6.45, 7) is 7.58. The second-order valence-corrected chi connectivity index (χ2v) is 10.8. The zero-order valence-electron chi connectivity index (χ0n) is 19.7. The Morgan fingerprint density at radius 3 is 2.62 bits per heavy atom. The van der Waals surface area contributed by atoms with E-state index in [4.69, 9.17) is 37.4 Å². The molecule has 0 aromatic heterocycles. The van der Waals surface area contributed by atoms with E-state index >= 15 is 0 Å². The first-order valence-corrected chi connectivity index (χ1v) is 12.3. The fraction of sp³-hybridized carbons (Fsp3) is 0.500. The lowest BCUT2D eigenvalue weighted by Gasteiger charge is -2.33. The first-order chi connectivity index (χ1) is 16.1. The summed E-state index contributed by atoms with van der Waals surface area (Å²) in [6.07, 6.45) is 2.70. The summed E-state index contributed by atoms with van der Waals surface area (Å²) in [4.78, 5) is 14.6. The number of ether oxygens (including phenoxy) is 3. The molecule has 0 bridgehead atoms. The largest absolute Gasteiger partial charge is 0.478 e. The fourth-order valence-corrected chi connectivity index (χ4v) is 4.33. The van der Waals surface area contributed by atoms with Crippen molar-refractivity contribution in [3.05, 3.63) is 62.9 Å². The van der Waals surface area contributed by atoms with Crippen LogP contribution in [0.3, 0.4) is 0 Å². The van der Waals surface area contributed by atoms with Crippen LogP contribution < -0.4 is 4.74 Å². The van der Waals surface area contributed by atoms with E-state index in [-0.39, 0.29) is 17.6 Å². The average molecular weight is 510 g/mol. The van der Waals surface area contributed by atoms with E-state index in [1.54, 1.807) is 32.9 Å². The molecule has 34 heavy (non-hydrogen) atoms. The van der Waals surface area contributed by atoms with Crippen LogP contribution in [0.1, 0.15) is 61.0 Å². The highest BCUT2D eigenvalue weighted by atomic mass is 35.5. The van der Waals surface area contributed by atoms with E-state index in [0.717, 1.165) is 30.5 Å². The predicted octanol–water partition coefficient (Wildman–Crippen LogP) is 6.25. The number of nitrogens with zero attached hydrogens (tertiary/aromatic N) is 1. The molecule has 0 amide bonds. The molecule has 2 aliphatic rings.